The van der Waals surface area contributed by atoms with Gasteiger partial charge in [0, 0.05) is 8.95 Å². The van der Waals surface area contributed by atoms with Gasteiger partial charge in [-0.1, -0.05) is 33.6 Å². The summed E-state index contributed by atoms with van der Waals surface area (Å²) in [5.74, 6) is 0. The Morgan fingerprint density at radius 2 is 1.89 bits per heavy atom. The highest BCUT2D eigenvalue weighted by molar-refractivity contribution is 9.11. The van der Waals surface area contributed by atoms with Gasteiger partial charge in [0.1, 0.15) is 10.7 Å². The molecule has 7 heteroatoms. The van der Waals surface area contributed by atoms with Crippen molar-refractivity contribution in [1.29, 1.82) is 0 Å². The molecule has 2 aromatic carbocycles. The third-order valence-electron chi connectivity index (χ3n) is 2.37. The number of para-hydroxylation sites is 1. The quantitative estimate of drug-likeness (QED) is 0.540. The molecule has 98 valence electrons. The van der Waals surface area contributed by atoms with E-state index in [1.54, 1.807) is 18.2 Å². The van der Waals surface area contributed by atoms with Crippen LogP contribution in [-0.4, -0.2) is 4.92 Å². The summed E-state index contributed by atoms with van der Waals surface area (Å²) >= 11 is 12.6. The number of halogens is 3. The summed E-state index contributed by atoms with van der Waals surface area (Å²) in [5.41, 5.74) is 0.924. The smallest absolute Gasteiger partial charge is 0.311 e. The molecule has 0 spiro atoms. The van der Waals surface area contributed by atoms with Gasteiger partial charge in [-0.05, 0) is 46.3 Å². The number of nitrogens with one attached hydrogen (secondary N) is 1. The number of nitro benzene ring substituents is 1. The Hall–Kier alpha value is -1.11. The van der Waals surface area contributed by atoms with Crippen LogP contribution in [0.15, 0.2) is 45.3 Å². The minimum absolute atomic E-state index is 0.100. The Labute approximate surface area is 131 Å². The highest BCUT2D eigenvalue weighted by Gasteiger charge is 2.18. The standard InChI is InChI=1S/C12H7Br2ClN2O2/c13-7-4-5-10(8(14)6-7)16-11-3-1-2-9(15)12(11)17(18)19/h1-6,16H. The maximum absolute atomic E-state index is 11.0. The maximum atomic E-state index is 11.0. The largest absolute Gasteiger partial charge is 0.349 e. The zero-order chi connectivity index (χ0) is 14.0. The topological polar surface area (TPSA) is 55.2 Å². The Morgan fingerprint density at radius 3 is 2.53 bits per heavy atom. The van der Waals surface area contributed by atoms with Crippen molar-refractivity contribution in [3.63, 3.8) is 0 Å². The van der Waals surface area contributed by atoms with Crippen molar-refractivity contribution >= 4 is 60.5 Å². The molecule has 0 saturated carbocycles. The summed E-state index contributed by atoms with van der Waals surface area (Å²) in [6.07, 6.45) is 0. The fourth-order valence-electron chi connectivity index (χ4n) is 1.54. The summed E-state index contributed by atoms with van der Waals surface area (Å²) in [6, 6.07) is 10.2. The molecule has 0 radical (unpaired) electrons. The second kappa shape index (κ2) is 5.90. The lowest BCUT2D eigenvalue weighted by Crippen LogP contribution is -1.98. The molecule has 0 aliphatic carbocycles. The minimum atomic E-state index is -0.503. The lowest BCUT2D eigenvalue weighted by Gasteiger charge is -2.10. The molecule has 0 unspecified atom stereocenters. The third-order valence-corrected chi connectivity index (χ3v) is 3.82. The van der Waals surface area contributed by atoms with Crippen LogP contribution in [0, 0.1) is 10.1 Å². The predicted octanol–water partition coefficient (Wildman–Crippen LogP) is 5.52. The molecule has 4 nitrogen and oxygen atoms in total. The number of rotatable bonds is 3. The molecule has 0 aliphatic rings. The lowest BCUT2D eigenvalue weighted by molar-refractivity contribution is -0.383. The van der Waals surface area contributed by atoms with Gasteiger partial charge in [-0.25, -0.2) is 0 Å². The van der Waals surface area contributed by atoms with Gasteiger partial charge in [0.05, 0.1) is 10.6 Å². The van der Waals surface area contributed by atoms with Crippen molar-refractivity contribution in [3.05, 3.63) is 60.5 Å². The van der Waals surface area contributed by atoms with Gasteiger partial charge in [-0.2, -0.15) is 0 Å². The first-order valence-corrected chi connectivity index (χ1v) is 7.10. The number of hydrogen-bond acceptors (Lipinski definition) is 3. The van der Waals surface area contributed by atoms with Gasteiger partial charge in [0.25, 0.3) is 0 Å². The Morgan fingerprint density at radius 1 is 1.16 bits per heavy atom. The summed E-state index contributed by atoms with van der Waals surface area (Å²) in [5, 5.41) is 14.1. The Kier molecular flexibility index (Phi) is 4.44. The predicted molar refractivity (Wildman–Crippen MR) is 83.2 cm³/mol. The van der Waals surface area contributed by atoms with Crippen molar-refractivity contribution in [3.8, 4) is 0 Å². The fraction of sp³-hybridized carbons (Fsp3) is 0. The molecule has 0 saturated heterocycles. The molecular weight excluding hydrogens is 399 g/mol. The van der Waals surface area contributed by atoms with E-state index in [-0.39, 0.29) is 10.7 Å². The first kappa shape index (κ1) is 14.3. The van der Waals surface area contributed by atoms with E-state index < -0.39 is 4.92 Å². The molecule has 0 atom stereocenters. The van der Waals surface area contributed by atoms with E-state index in [1.165, 1.54) is 6.07 Å². The van der Waals surface area contributed by atoms with Crippen LogP contribution in [0.5, 0.6) is 0 Å². The highest BCUT2D eigenvalue weighted by Crippen LogP contribution is 2.36. The lowest BCUT2D eigenvalue weighted by atomic mass is 10.2. The van der Waals surface area contributed by atoms with Crippen LogP contribution in [0.2, 0.25) is 5.02 Å². The molecule has 1 N–H and O–H groups in total. The number of hydrogen-bond donors (Lipinski definition) is 1. The van der Waals surface area contributed by atoms with Gasteiger partial charge >= 0.3 is 5.69 Å². The first-order chi connectivity index (χ1) is 8.99. The van der Waals surface area contributed by atoms with E-state index in [9.17, 15) is 10.1 Å². The average molecular weight is 406 g/mol. The molecule has 2 aromatic rings. The Bertz CT molecular complexity index is 650. The SMILES string of the molecule is O=[N+]([O-])c1c(Cl)cccc1Nc1ccc(Br)cc1Br. The van der Waals surface area contributed by atoms with Gasteiger partial charge in [-0.3, -0.25) is 10.1 Å². The molecule has 0 fully saturated rings. The maximum Gasteiger partial charge on any atom is 0.311 e. The zero-order valence-corrected chi connectivity index (χ0v) is 13.3. The second-order valence-corrected chi connectivity index (χ2v) is 5.82. The highest BCUT2D eigenvalue weighted by atomic mass is 79.9. The van der Waals surface area contributed by atoms with Crippen molar-refractivity contribution in [1.82, 2.24) is 0 Å². The molecule has 0 aromatic heterocycles. The van der Waals surface area contributed by atoms with E-state index >= 15 is 0 Å². The van der Waals surface area contributed by atoms with Crippen LogP contribution in [0.3, 0.4) is 0 Å². The first-order valence-electron chi connectivity index (χ1n) is 5.14. The number of nitro groups is 1. The van der Waals surface area contributed by atoms with Crippen LogP contribution < -0.4 is 5.32 Å². The van der Waals surface area contributed by atoms with Crippen molar-refractivity contribution in [2.24, 2.45) is 0 Å². The second-order valence-electron chi connectivity index (χ2n) is 3.64. The van der Waals surface area contributed by atoms with Crippen LogP contribution in [0.4, 0.5) is 17.1 Å². The third kappa shape index (κ3) is 3.26. The van der Waals surface area contributed by atoms with Crippen molar-refractivity contribution in [2.45, 2.75) is 0 Å². The van der Waals surface area contributed by atoms with Gasteiger partial charge < -0.3 is 5.32 Å². The monoisotopic (exact) mass is 404 g/mol. The molecule has 2 rings (SSSR count). The van der Waals surface area contributed by atoms with Crippen LogP contribution in [-0.2, 0) is 0 Å². The van der Waals surface area contributed by atoms with E-state index in [4.69, 9.17) is 11.6 Å². The molecular formula is C12H7Br2ClN2O2. The summed E-state index contributed by atoms with van der Waals surface area (Å²) in [6.45, 7) is 0. The number of anilines is 2. The van der Waals surface area contributed by atoms with E-state index in [0.29, 0.717) is 11.4 Å². The summed E-state index contributed by atoms with van der Waals surface area (Å²) in [7, 11) is 0. The van der Waals surface area contributed by atoms with E-state index in [1.807, 2.05) is 12.1 Å². The Balaban J connectivity index is 2.44. The zero-order valence-electron chi connectivity index (χ0n) is 9.36. The molecule has 19 heavy (non-hydrogen) atoms. The average Bonchev–Trinajstić information content (AvgIpc) is 2.32. The van der Waals surface area contributed by atoms with Crippen LogP contribution in [0.25, 0.3) is 0 Å². The minimum Gasteiger partial charge on any atom is -0.349 e. The number of benzene rings is 2. The van der Waals surface area contributed by atoms with Gasteiger partial charge in [0.2, 0.25) is 0 Å². The summed E-state index contributed by atoms with van der Waals surface area (Å²) in [4.78, 5) is 10.5. The van der Waals surface area contributed by atoms with Crippen molar-refractivity contribution < 1.29 is 4.92 Å². The van der Waals surface area contributed by atoms with E-state index in [0.717, 1.165) is 8.95 Å². The van der Waals surface area contributed by atoms with Gasteiger partial charge in [-0.15, -0.1) is 0 Å². The molecule has 0 heterocycles. The normalized spacial score (nSPS) is 10.3. The van der Waals surface area contributed by atoms with Crippen molar-refractivity contribution in [2.75, 3.05) is 5.32 Å². The molecule has 0 amide bonds. The number of nitrogens with zero attached hydrogens (tertiary/aromatic N) is 1. The van der Waals surface area contributed by atoms with Crippen LogP contribution in [0.1, 0.15) is 0 Å². The molecule has 0 bridgehead atoms. The van der Waals surface area contributed by atoms with Crippen LogP contribution >= 0.6 is 43.5 Å². The van der Waals surface area contributed by atoms with Gasteiger partial charge in [0.15, 0.2) is 0 Å². The molecule has 0 aliphatic heterocycles. The van der Waals surface area contributed by atoms with E-state index in [2.05, 4.69) is 37.2 Å². The summed E-state index contributed by atoms with van der Waals surface area (Å²) < 4.78 is 1.70. The fourth-order valence-corrected chi connectivity index (χ4v) is 2.93.